The molecule has 108 valence electrons. The molecule has 6 nitrogen and oxygen atoms in total. The first-order valence-corrected chi connectivity index (χ1v) is 6.28. The number of benzene rings is 2. The van der Waals surface area contributed by atoms with E-state index in [0.717, 1.165) is 0 Å². The Bertz CT molecular complexity index is 703. The summed E-state index contributed by atoms with van der Waals surface area (Å²) in [4.78, 5) is 22.3. The van der Waals surface area contributed by atoms with Crippen molar-refractivity contribution in [3.63, 3.8) is 0 Å². The van der Waals surface area contributed by atoms with E-state index in [-0.39, 0.29) is 5.69 Å². The third kappa shape index (κ3) is 3.70. The lowest BCUT2D eigenvalue weighted by molar-refractivity contribution is -0.384. The second-order valence-corrected chi connectivity index (χ2v) is 4.58. The van der Waals surface area contributed by atoms with Crippen LogP contribution in [0.1, 0.15) is 10.4 Å². The number of methoxy groups -OCH3 is 1. The highest BCUT2D eigenvalue weighted by atomic mass is 35.5. The molecule has 0 unspecified atom stereocenters. The Kier molecular flexibility index (Phi) is 4.39. The Labute approximate surface area is 125 Å². The van der Waals surface area contributed by atoms with E-state index < -0.39 is 10.8 Å². The molecular weight excluding hydrogens is 296 g/mol. The number of nitrogens with zero attached hydrogens (tertiary/aromatic N) is 1. The van der Waals surface area contributed by atoms with Crippen molar-refractivity contribution in [2.45, 2.75) is 0 Å². The van der Waals surface area contributed by atoms with Gasteiger partial charge in [0.2, 0.25) is 0 Å². The fourth-order valence-corrected chi connectivity index (χ4v) is 1.94. The van der Waals surface area contributed by atoms with Crippen LogP contribution in [0.2, 0.25) is 5.02 Å². The number of non-ortho nitro benzene ring substituents is 1. The Balaban J connectivity index is 2.23. The first-order chi connectivity index (χ1) is 9.99. The van der Waals surface area contributed by atoms with Gasteiger partial charge in [0, 0.05) is 28.4 Å². The SMILES string of the molecule is COc1cc(Cl)cc(C(=O)Nc2cccc([N+](=O)[O-])c2)c1. The van der Waals surface area contributed by atoms with Crippen molar-refractivity contribution >= 4 is 28.9 Å². The van der Waals surface area contributed by atoms with Gasteiger partial charge in [0.1, 0.15) is 5.75 Å². The minimum atomic E-state index is -0.530. The molecule has 1 amide bonds. The summed E-state index contributed by atoms with van der Waals surface area (Å²) in [7, 11) is 1.47. The predicted octanol–water partition coefficient (Wildman–Crippen LogP) is 3.51. The number of anilines is 1. The molecule has 2 rings (SSSR count). The number of carbonyl (C=O) groups is 1. The van der Waals surface area contributed by atoms with Gasteiger partial charge in [0.15, 0.2) is 0 Å². The summed E-state index contributed by atoms with van der Waals surface area (Å²) in [5.74, 6) is 0.0167. The van der Waals surface area contributed by atoms with Crippen LogP contribution in [0.15, 0.2) is 42.5 Å². The van der Waals surface area contributed by atoms with Gasteiger partial charge >= 0.3 is 0 Å². The van der Waals surface area contributed by atoms with Gasteiger partial charge in [-0.05, 0) is 24.3 Å². The first kappa shape index (κ1) is 14.8. The van der Waals surface area contributed by atoms with Crippen LogP contribution in [-0.4, -0.2) is 17.9 Å². The van der Waals surface area contributed by atoms with Gasteiger partial charge < -0.3 is 10.1 Å². The molecule has 0 aromatic heterocycles. The molecule has 1 N–H and O–H groups in total. The molecule has 0 atom stereocenters. The second-order valence-electron chi connectivity index (χ2n) is 4.14. The fourth-order valence-electron chi connectivity index (χ4n) is 1.71. The summed E-state index contributed by atoms with van der Waals surface area (Å²) in [6, 6.07) is 10.3. The zero-order valence-corrected chi connectivity index (χ0v) is 11.8. The Hall–Kier alpha value is -2.60. The topological polar surface area (TPSA) is 81.5 Å². The molecule has 2 aromatic carbocycles. The van der Waals surface area contributed by atoms with Crippen molar-refractivity contribution in [3.8, 4) is 5.75 Å². The molecule has 21 heavy (non-hydrogen) atoms. The molecule has 0 bridgehead atoms. The average molecular weight is 307 g/mol. The fraction of sp³-hybridized carbons (Fsp3) is 0.0714. The summed E-state index contributed by atoms with van der Waals surface area (Å²) in [6.45, 7) is 0. The normalized spacial score (nSPS) is 10.0. The standard InChI is InChI=1S/C14H11ClN2O4/c1-21-13-6-9(5-10(15)7-13)14(18)16-11-3-2-4-12(8-11)17(19)20/h2-8H,1H3,(H,16,18). The number of nitrogens with one attached hydrogen (secondary N) is 1. The summed E-state index contributed by atoms with van der Waals surface area (Å²) in [6.07, 6.45) is 0. The van der Waals surface area contributed by atoms with Crippen molar-refractivity contribution in [1.29, 1.82) is 0 Å². The van der Waals surface area contributed by atoms with E-state index in [1.807, 2.05) is 0 Å². The number of carbonyl (C=O) groups excluding carboxylic acids is 1. The molecule has 7 heteroatoms. The zero-order chi connectivity index (χ0) is 15.4. The van der Waals surface area contributed by atoms with E-state index in [1.54, 1.807) is 12.1 Å². The van der Waals surface area contributed by atoms with Crippen LogP contribution in [0.3, 0.4) is 0 Å². The Morgan fingerprint density at radius 1 is 1.29 bits per heavy atom. The molecule has 0 aliphatic rings. The summed E-state index contributed by atoms with van der Waals surface area (Å²) >= 11 is 5.89. The number of nitro groups is 1. The minimum Gasteiger partial charge on any atom is -0.497 e. The maximum absolute atomic E-state index is 12.1. The van der Waals surface area contributed by atoms with Crippen LogP contribution < -0.4 is 10.1 Å². The van der Waals surface area contributed by atoms with Gasteiger partial charge in [0.25, 0.3) is 11.6 Å². The van der Waals surface area contributed by atoms with Gasteiger partial charge in [-0.2, -0.15) is 0 Å². The minimum absolute atomic E-state index is 0.100. The van der Waals surface area contributed by atoms with Crippen molar-refractivity contribution in [1.82, 2.24) is 0 Å². The highest BCUT2D eigenvalue weighted by Crippen LogP contribution is 2.22. The van der Waals surface area contributed by atoms with Crippen LogP contribution in [0.5, 0.6) is 5.75 Å². The van der Waals surface area contributed by atoms with E-state index in [2.05, 4.69) is 5.32 Å². The number of rotatable bonds is 4. The van der Waals surface area contributed by atoms with E-state index >= 15 is 0 Å². The van der Waals surface area contributed by atoms with Crippen LogP contribution in [0, 0.1) is 10.1 Å². The average Bonchev–Trinajstić information content (AvgIpc) is 2.46. The lowest BCUT2D eigenvalue weighted by Gasteiger charge is -2.07. The van der Waals surface area contributed by atoms with Crippen molar-refractivity contribution in [2.75, 3.05) is 12.4 Å². The van der Waals surface area contributed by atoms with Crippen LogP contribution in [0.25, 0.3) is 0 Å². The molecule has 0 saturated heterocycles. The lowest BCUT2D eigenvalue weighted by atomic mass is 10.2. The van der Waals surface area contributed by atoms with E-state index in [1.165, 1.54) is 37.4 Å². The smallest absolute Gasteiger partial charge is 0.271 e. The summed E-state index contributed by atoms with van der Waals surface area (Å²) in [5, 5.41) is 13.6. The number of hydrogen-bond acceptors (Lipinski definition) is 4. The molecule has 0 heterocycles. The maximum atomic E-state index is 12.1. The highest BCUT2D eigenvalue weighted by Gasteiger charge is 2.11. The zero-order valence-electron chi connectivity index (χ0n) is 11.0. The Morgan fingerprint density at radius 2 is 2.05 bits per heavy atom. The lowest BCUT2D eigenvalue weighted by Crippen LogP contribution is -2.12. The quantitative estimate of drug-likeness (QED) is 0.692. The molecule has 0 radical (unpaired) electrons. The van der Waals surface area contributed by atoms with Gasteiger partial charge in [0.05, 0.1) is 12.0 Å². The molecule has 0 saturated carbocycles. The molecule has 0 spiro atoms. The number of nitro benzene ring substituents is 1. The van der Waals surface area contributed by atoms with Crippen LogP contribution in [0.4, 0.5) is 11.4 Å². The number of amides is 1. The molecule has 2 aromatic rings. The van der Waals surface area contributed by atoms with Crippen molar-refractivity contribution in [2.24, 2.45) is 0 Å². The van der Waals surface area contributed by atoms with Gasteiger partial charge in [-0.1, -0.05) is 17.7 Å². The van der Waals surface area contributed by atoms with Crippen molar-refractivity contribution in [3.05, 3.63) is 63.2 Å². The van der Waals surface area contributed by atoms with Crippen LogP contribution >= 0.6 is 11.6 Å². The number of ether oxygens (including phenoxy) is 1. The van der Waals surface area contributed by atoms with Gasteiger partial charge in [-0.25, -0.2) is 0 Å². The van der Waals surface area contributed by atoms with E-state index in [9.17, 15) is 14.9 Å². The number of hydrogen-bond donors (Lipinski definition) is 1. The summed E-state index contributed by atoms with van der Waals surface area (Å²) < 4.78 is 5.03. The highest BCUT2D eigenvalue weighted by molar-refractivity contribution is 6.31. The van der Waals surface area contributed by atoms with Crippen molar-refractivity contribution < 1.29 is 14.5 Å². The predicted molar refractivity (Wildman–Crippen MR) is 79.1 cm³/mol. The first-order valence-electron chi connectivity index (χ1n) is 5.90. The molecule has 0 fully saturated rings. The van der Waals surface area contributed by atoms with Gasteiger partial charge in [-0.3, -0.25) is 14.9 Å². The maximum Gasteiger partial charge on any atom is 0.271 e. The Morgan fingerprint density at radius 3 is 2.71 bits per heavy atom. The van der Waals surface area contributed by atoms with Crippen LogP contribution in [-0.2, 0) is 0 Å². The largest absolute Gasteiger partial charge is 0.497 e. The van der Waals surface area contributed by atoms with E-state index in [0.29, 0.717) is 22.0 Å². The third-order valence-electron chi connectivity index (χ3n) is 2.68. The molecular formula is C14H11ClN2O4. The third-order valence-corrected chi connectivity index (χ3v) is 2.90. The summed E-state index contributed by atoms with van der Waals surface area (Å²) in [5.41, 5.74) is 0.524. The van der Waals surface area contributed by atoms with E-state index in [4.69, 9.17) is 16.3 Å². The molecule has 0 aliphatic heterocycles. The van der Waals surface area contributed by atoms with Gasteiger partial charge in [-0.15, -0.1) is 0 Å². The monoisotopic (exact) mass is 306 g/mol. The molecule has 0 aliphatic carbocycles. The second kappa shape index (κ2) is 6.23. The number of halogens is 1.